The molecule has 1 N–H and O–H groups in total. The van der Waals surface area contributed by atoms with Crippen LogP contribution >= 0.6 is 11.8 Å². The van der Waals surface area contributed by atoms with Crippen molar-refractivity contribution in [2.75, 3.05) is 30.4 Å². The summed E-state index contributed by atoms with van der Waals surface area (Å²) in [5.74, 6) is 0.422. The van der Waals surface area contributed by atoms with Crippen LogP contribution in [0.25, 0.3) is 10.9 Å². The highest BCUT2D eigenvalue weighted by Gasteiger charge is 2.39. The van der Waals surface area contributed by atoms with Gasteiger partial charge in [0.1, 0.15) is 6.04 Å². The summed E-state index contributed by atoms with van der Waals surface area (Å²) in [5, 5.41) is 5.04. The molecule has 0 bridgehead atoms. The SMILES string of the molecule is CCOCCCNC(=O)[C@H]1c2c(n(C)c3ccccc23)SCC(=O)N1c1ccc(C(C)C)cc1. The Balaban J connectivity index is 1.79. The molecule has 0 fully saturated rings. The van der Waals surface area contributed by atoms with E-state index in [9.17, 15) is 9.59 Å². The molecule has 4 rings (SSSR count). The first kappa shape index (κ1) is 24.4. The molecule has 180 valence electrons. The Morgan fingerprint density at radius 3 is 2.62 bits per heavy atom. The van der Waals surface area contributed by atoms with Gasteiger partial charge in [0.2, 0.25) is 11.8 Å². The first-order valence-corrected chi connectivity index (χ1v) is 12.9. The molecule has 2 aromatic carbocycles. The summed E-state index contributed by atoms with van der Waals surface area (Å²) in [4.78, 5) is 28.9. The van der Waals surface area contributed by atoms with Gasteiger partial charge in [-0.1, -0.05) is 55.9 Å². The van der Waals surface area contributed by atoms with Crippen LogP contribution in [-0.2, 0) is 21.4 Å². The number of benzene rings is 2. The predicted octanol–water partition coefficient (Wildman–Crippen LogP) is 5.02. The molecule has 0 aliphatic carbocycles. The van der Waals surface area contributed by atoms with E-state index in [0.717, 1.165) is 33.6 Å². The van der Waals surface area contributed by atoms with Gasteiger partial charge in [-0.25, -0.2) is 0 Å². The number of carbonyl (C=O) groups is 2. The third-order valence-electron chi connectivity index (χ3n) is 6.28. The van der Waals surface area contributed by atoms with Crippen LogP contribution in [0.2, 0.25) is 0 Å². The lowest BCUT2D eigenvalue weighted by Crippen LogP contribution is -2.44. The molecular formula is C27H33N3O3S. The monoisotopic (exact) mass is 479 g/mol. The normalized spacial score (nSPS) is 16.1. The van der Waals surface area contributed by atoms with Crippen LogP contribution in [0.4, 0.5) is 5.69 Å². The minimum atomic E-state index is -0.749. The van der Waals surface area contributed by atoms with Gasteiger partial charge in [0.05, 0.1) is 10.8 Å². The molecule has 0 saturated carbocycles. The largest absolute Gasteiger partial charge is 0.382 e. The maximum absolute atomic E-state index is 13.7. The summed E-state index contributed by atoms with van der Waals surface area (Å²) in [6.07, 6.45) is 0.723. The second-order valence-electron chi connectivity index (χ2n) is 8.84. The topological polar surface area (TPSA) is 63.6 Å². The highest BCUT2D eigenvalue weighted by Crippen LogP contribution is 2.43. The maximum atomic E-state index is 13.7. The lowest BCUT2D eigenvalue weighted by molar-refractivity contribution is -0.125. The number of aromatic nitrogens is 1. The number of fused-ring (bicyclic) bond motifs is 3. The Bertz CT molecular complexity index is 1170. The Morgan fingerprint density at radius 1 is 1.18 bits per heavy atom. The lowest BCUT2D eigenvalue weighted by Gasteiger charge is -2.30. The van der Waals surface area contributed by atoms with Gasteiger partial charge in [0.15, 0.2) is 0 Å². The van der Waals surface area contributed by atoms with Crippen LogP contribution in [0.5, 0.6) is 0 Å². The van der Waals surface area contributed by atoms with Crippen molar-refractivity contribution in [3.63, 3.8) is 0 Å². The lowest BCUT2D eigenvalue weighted by atomic mass is 10.00. The number of aryl methyl sites for hydroxylation is 1. The molecule has 7 heteroatoms. The summed E-state index contributed by atoms with van der Waals surface area (Å²) >= 11 is 1.50. The van der Waals surface area contributed by atoms with Crippen molar-refractivity contribution >= 4 is 40.2 Å². The van der Waals surface area contributed by atoms with E-state index in [1.165, 1.54) is 17.3 Å². The molecule has 2 amide bonds. The highest BCUT2D eigenvalue weighted by atomic mass is 32.2. The van der Waals surface area contributed by atoms with E-state index in [0.29, 0.717) is 25.7 Å². The fourth-order valence-electron chi connectivity index (χ4n) is 4.50. The molecule has 0 saturated heterocycles. The van der Waals surface area contributed by atoms with Gasteiger partial charge >= 0.3 is 0 Å². The van der Waals surface area contributed by atoms with Crippen molar-refractivity contribution in [1.29, 1.82) is 0 Å². The van der Waals surface area contributed by atoms with Crippen molar-refractivity contribution in [2.45, 2.75) is 44.2 Å². The Hall–Kier alpha value is -2.77. The predicted molar refractivity (Wildman–Crippen MR) is 139 cm³/mol. The van der Waals surface area contributed by atoms with Gasteiger partial charge in [0, 0.05) is 49.0 Å². The van der Waals surface area contributed by atoms with Crippen LogP contribution < -0.4 is 10.2 Å². The fraction of sp³-hybridized carbons (Fsp3) is 0.407. The molecular weight excluding hydrogens is 446 g/mol. The van der Waals surface area contributed by atoms with E-state index in [4.69, 9.17) is 4.74 Å². The quantitative estimate of drug-likeness (QED) is 0.461. The van der Waals surface area contributed by atoms with E-state index in [-0.39, 0.29) is 17.6 Å². The van der Waals surface area contributed by atoms with Crippen LogP contribution in [0.3, 0.4) is 0 Å². The van der Waals surface area contributed by atoms with Gasteiger partial charge < -0.3 is 14.6 Å². The smallest absolute Gasteiger partial charge is 0.247 e. The zero-order chi connectivity index (χ0) is 24.2. The van der Waals surface area contributed by atoms with E-state index in [2.05, 4.69) is 29.8 Å². The molecule has 2 heterocycles. The first-order valence-electron chi connectivity index (χ1n) is 11.9. The number of hydrogen-bond donors (Lipinski definition) is 1. The zero-order valence-electron chi connectivity index (χ0n) is 20.3. The second kappa shape index (κ2) is 10.7. The van der Waals surface area contributed by atoms with E-state index >= 15 is 0 Å². The van der Waals surface area contributed by atoms with Crippen molar-refractivity contribution in [2.24, 2.45) is 7.05 Å². The molecule has 3 aromatic rings. The number of amides is 2. The molecule has 0 unspecified atom stereocenters. The summed E-state index contributed by atoms with van der Waals surface area (Å²) in [6, 6.07) is 15.4. The number of rotatable bonds is 8. The average molecular weight is 480 g/mol. The molecule has 1 aromatic heterocycles. The molecule has 6 nitrogen and oxygen atoms in total. The van der Waals surface area contributed by atoms with Gasteiger partial charge in [-0.15, -0.1) is 0 Å². The number of ether oxygens (including phenoxy) is 1. The Labute approximate surface area is 205 Å². The van der Waals surface area contributed by atoms with Gasteiger partial charge in [-0.3, -0.25) is 14.5 Å². The first-order chi connectivity index (χ1) is 16.4. The zero-order valence-corrected chi connectivity index (χ0v) is 21.2. The molecule has 34 heavy (non-hydrogen) atoms. The fourth-order valence-corrected chi connectivity index (χ4v) is 5.57. The van der Waals surface area contributed by atoms with Gasteiger partial charge in [-0.05, 0) is 43.0 Å². The summed E-state index contributed by atoms with van der Waals surface area (Å²) in [5.41, 5.74) is 3.89. The molecule has 1 aliphatic heterocycles. The van der Waals surface area contributed by atoms with Crippen LogP contribution in [0, 0.1) is 0 Å². The van der Waals surface area contributed by atoms with E-state index in [1.54, 1.807) is 4.90 Å². The third kappa shape index (κ3) is 4.72. The van der Waals surface area contributed by atoms with Gasteiger partial charge in [0.25, 0.3) is 0 Å². The number of hydrogen-bond acceptors (Lipinski definition) is 4. The van der Waals surface area contributed by atoms with Crippen LogP contribution in [0.15, 0.2) is 53.6 Å². The summed E-state index contributed by atoms with van der Waals surface area (Å²) < 4.78 is 7.51. The number of nitrogens with zero attached hydrogens (tertiary/aromatic N) is 2. The molecule has 0 spiro atoms. The minimum Gasteiger partial charge on any atom is -0.382 e. The van der Waals surface area contributed by atoms with Crippen molar-refractivity contribution < 1.29 is 14.3 Å². The number of anilines is 1. The van der Waals surface area contributed by atoms with Crippen molar-refractivity contribution in [1.82, 2.24) is 9.88 Å². The number of para-hydroxylation sites is 1. The van der Waals surface area contributed by atoms with Crippen LogP contribution in [-0.4, -0.2) is 41.9 Å². The molecule has 1 aliphatic rings. The van der Waals surface area contributed by atoms with E-state index in [1.807, 2.05) is 56.4 Å². The second-order valence-corrected chi connectivity index (χ2v) is 9.80. The Kier molecular flexibility index (Phi) is 7.63. The minimum absolute atomic E-state index is 0.0722. The van der Waals surface area contributed by atoms with Crippen molar-refractivity contribution in [3.8, 4) is 0 Å². The standard InChI is InChI=1S/C27H33N3O3S/c1-5-33-16-8-15-28-26(32)25-24-21-9-6-7-10-22(21)29(4)27(24)34-17-23(31)30(25)20-13-11-19(12-14-20)18(2)3/h6-7,9-14,18,25H,5,8,15-17H2,1-4H3,(H,28,32)/t25-/m1/s1. The third-order valence-corrected chi connectivity index (χ3v) is 7.44. The average Bonchev–Trinajstić information content (AvgIpc) is 3.01. The van der Waals surface area contributed by atoms with Crippen molar-refractivity contribution in [3.05, 3.63) is 59.7 Å². The number of nitrogens with one attached hydrogen (secondary N) is 1. The summed E-state index contributed by atoms with van der Waals surface area (Å²) in [6.45, 7) is 7.99. The summed E-state index contributed by atoms with van der Waals surface area (Å²) in [7, 11) is 2.00. The highest BCUT2D eigenvalue weighted by molar-refractivity contribution is 8.00. The van der Waals surface area contributed by atoms with Crippen LogP contribution in [0.1, 0.15) is 50.3 Å². The molecule has 1 atom stereocenters. The number of carbonyl (C=O) groups excluding carboxylic acids is 2. The van der Waals surface area contributed by atoms with Gasteiger partial charge in [-0.2, -0.15) is 0 Å². The van der Waals surface area contributed by atoms with E-state index < -0.39 is 6.04 Å². The number of thioether (sulfide) groups is 1. The molecule has 0 radical (unpaired) electrons. The Morgan fingerprint density at radius 2 is 1.91 bits per heavy atom. The maximum Gasteiger partial charge on any atom is 0.247 e.